The molecule has 0 aromatic heterocycles. The SMILES string of the molecule is Br.CN1C=CN(Cc2ccc(I)cc2)C1. The Kier molecular flexibility index (Phi) is 4.92. The fourth-order valence-corrected chi connectivity index (χ4v) is 1.88. The van der Waals surface area contributed by atoms with Gasteiger partial charge >= 0.3 is 0 Å². The molecule has 0 unspecified atom stereocenters. The van der Waals surface area contributed by atoms with E-state index in [0.717, 1.165) is 13.2 Å². The second kappa shape index (κ2) is 5.75. The average molecular weight is 381 g/mol. The second-order valence-corrected chi connectivity index (χ2v) is 4.82. The molecule has 0 radical (unpaired) electrons. The summed E-state index contributed by atoms with van der Waals surface area (Å²) in [5, 5.41) is 0. The lowest BCUT2D eigenvalue weighted by Gasteiger charge is -2.17. The molecule has 1 aromatic carbocycles. The zero-order valence-corrected chi connectivity index (χ0v) is 12.4. The third kappa shape index (κ3) is 3.68. The maximum atomic E-state index is 2.33. The van der Waals surface area contributed by atoms with Crippen LogP contribution >= 0.6 is 39.6 Å². The molecule has 82 valence electrons. The van der Waals surface area contributed by atoms with E-state index < -0.39 is 0 Å². The summed E-state index contributed by atoms with van der Waals surface area (Å²) in [6.45, 7) is 1.99. The van der Waals surface area contributed by atoms with Gasteiger partial charge in [-0.05, 0) is 40.3 Å². The van der Waals surface area contributed by atoms with E-state index in [1.54, 1.807) is 0 Å². The Morgan fingerprint density at radius 1 is 1.20 bits per heavy atom. The van der Waals surface area contributed by atoms with Crippen LogP contribution in [0.4, 0.5) is 0 Å². The summed E-state index contributed by atoms with van der Waals surface area (Å²) in [5.74, 6) is 0. The highest BCUT2D eigenvalue weighted by atomic mass is 127. The number of hydrogen-bond acceptors (Lipinski definition) is 2. The Bertz CT molecular complexity index is 337. The summed E-state index contributed by atoms with van der Waals surface area (Å²) in [6.07, 6.45) is 4.24. The van der Waals surface area contributed by atoms with E-state index in [-0.39, 0.29) is 17.0 Å². The first-order chi connectivity index (χ1) is 6.74. The minimum Gasteiger partial charge on any atom is -0.362 e. The van der Waals surface area contributed by atoms with Crippen molar-refractivity contribution in [2.24, 2.45) is 0 Å². The first-order valence-corrected chi connectivity index (χ1v) is 5.69. The van der Waals surface area contributed by atoms with Gasteiger partial charge in [0.25, 0.3) is 0 Å². The summed E-state index contributed by atoms with van der Waals surface area (Å²) in [6, 6.07) is 8.68. The van der Waals surface area contributed by atoms with Gasteiger partial charge in [0.05, 0.1) is 6.67 Å². The fourth-order valence-electron chi connectivity index (χ4n) is 1.52. The van der Waals surface area contributed by atoms with Gasteiger partial charge < -0.3 is 9.80 Å². The predicted octanol–water partition coefficient (Wildman–Crippen LogP) is 3.05. The van der Waals surface area contributed by atoms with Gasteiger partial charge in [0.2, 0.25) is 0 Å². The minimum atomic E-state index is 0. The molecule has 4 heteroatoms. The zero-order valence-electron chi connectivity index (χ0n) is 8.56. The van der Waals surface area contributed by atoms with Gasteiger partial charge in [0, 0.05) is 29.6 Å². The van der Waals surface area contributed by atoms with Gasteiger partial charge in [-0.3, -0.25) is 0 Å². The van der Waals surface area contributed by atoms with Gasteiger partial charge in [-0.25, -0.2) is 0 Å². The van der Waals surface area contributed by atoms with Crippen LogP contribution in [0.3, 0.4) is 0 Å². The molecule has 0 atom stereocenters. The molecular weight excluding hydrogens is 367 g/mol. The Balaban J connectivity index is 0.00000112. The summed E-state index contributed by atoms with van der Waals surface area (Å²) in [7, 11) is 2.09. The largest absolute Gasteiger partial charge is 0.362 e. The second-order valence-electron chi connectivity index (χ2n) is 3.57. The van der Waals surface area contributed by atoms with Crippen molar-refractivity contribution in [3.05, 3.63) is 45.8 Å². The Labute approximate surface area is 115 Å². The lowest BCUT2D eigenvalue weighted by atomic mass is 10.2. The Morgan fingerprint density at radius 3 is 2.40 bits per heavy atom. The van der Waals surface area contributed by atoms with E-state index >= 15 is 0 Å². The topological polar surface area (TPSA) is 6.48 Å². The number of rotatable bonds is 2. The number of halogens is 2. The van der Waals surface area contributed by atoms with E-state index in [1.807, 2.05) is 0 Å². The molecule has 15 heavy (non-hydrogen) atoms. The van der Waals surface area contributed by atoms with E-state index in [0.29, 0.717) is 0 Å². The van der Waals surface area contributed by atoms with E-state index in [1.165, 1.54) is 9.13 Å². The molecule has 0 N–H and O–H groups in total. The maximum Gasteiger partial charge on any atom is 0.0894 e. The van der Waals surface area contributed by atoms with E-state index in [9.17, 15) is 0 Å². The van der Waals surface area contributed by atoms with Crippen molar-refractivity contribution in [3.8, 4) is 0 Å². The van der Waals surface area contributed by atoms with Crippen molar-refractivity contribution in [1.82, 2.24) is 9.80 Å². The Hall–Kier alpha value is -0.230. The van der Waals surface area contributed by atoms with Crippen LogP contribution in [0.15, 0.2) is 36.7 Å². The van der Waals surface area contributed by atoms with Crippen molar-refractivity contribution < 1.29 is 0 Å². The van der Waals surface area contributed by atoms with Gasteiger partial charge in [0.15, 0.2) is 0 Å². The molecule has 2 rings (SSSR count). The van der Waals surface area contributed by atoms with Crippen LogP contribution in [-0.4, -0.2) is 23.5 Å². The quantitative estimate of drug-likeness (QED) is 0.727. The first kappa shape index (κ1) is 12.8. The summed E-state index contributed by atoms with van der Waals surface area (Å²) < 4.78 is 1.29. The average Bonchev–Trinajstić information content (AvgIpc) is 2.56. The highest BCUT2D eigenvalue weighted by Crippen LogP contribution is 2.12. The fraction of sp³-hybridized carbons (Fsp3) is 0.273. The van der Waals surface area contributed by atoms with Gasteiger partial charge in [-0.2, -0.15) is 0 Å². The molecule has 0 bridgehead atoms. The van der Waals surface area contributed by atoms with Crippen LogP contribution in [0, 0.1) is 3.57 Å². The van der Waals surface area contributed by atoms with Gasteiger partial charge in [-0.1, -0.05) is 12.1 Å². The smallest absolute Gasteiger partial charge is 0.0894 e. The molecule has 0 fully saturated rings. The van der Waals surface area contributed by atoms with Crippen LogP contribution in [0.2, 0.25) is 0 Å². The third-order valence-electron chi connectivity index (χ3n) is 2.24. The number of benzene rings is 1. The minimum absolute atomic E-state index is 0. The van der Waals surface area contributed by atoms with Crippen LogP contribution in [-0.2, 0) is 6.54 Å². The van der Waals surface area contributed by atoms with Crippen molar-refractivity contribution in [2.45, 2.75) is 6.54 Å². The lowest BCUT2D eigenvalue weighted by molar-refractivity contribution is 0.291. The van der Waals surface area contributed by atoms with Crippen LogP contribution < -0.4 is 0 Å². The van der Waals surface area contributed by atoms with E-state index in [2.05, 4.69) is 76.1 Å². The van der Waals surface area contributed by atoms with Crippen molar-refractivity contribution in [2.75, 3.05) is 13.7 Å². The lowest BCUT2D eigenvalue weighted by Crippen LogP contribution is -2.21. The molecule has 0 spiro atoms. The molecule has 0 saturated carbocycles. The standard InChI is InChI=1S/C11H13IN2.BrH/c1-13-6-7-14(9-13)8-10-2-4-11(12)5-3-10;/h2-7H,8-9H2,1H3;1H. The van der Waals surface area contributed by atoms with Crippen molar-refractivity contribution in [1.29, 1.82) is 0 Å². The molecule has 0 amide bonds. The summed E-state index contributed by atoms with van der Waals surface area (Å²) >= 11 is 2.33. The first-order valence-electron chi connectivity index (χ1n) is 4.61. The summed E-state index contributed by atoms with van der Waals surface area (Å²) in [4.78, 5) is 4.47. The Morgan fingerprint density at radius 2 is 1.87 bits per heavy atom. The molecule has 1 aliphatic rings. The van der Waals surface area contributed by atoms with Crippen molar-refractivity contribution >= 4 is 39.6 Å². The molecule has 2 nitrogen and oxygen atoms in total. The van der Waals surface area contributed by atoms with Gasteiger partial charge in [0.1, 0.15) is 0 Å². The molecule has 1 heterocycles. The number of hydrogen-bond donors (Lipinski definition) is 0. The normalized spacial score (nSPS) is 14.3. The molecule has 0 aliphatic carbocycles. The third-order valence-corrected chi connectivity index (χ3v) is 2.95. The zero-order chi connectivity index (χ0) is 9.97. The monoisotopic (exact) mass is 380 g/mol. The molecule has 1 aromatic rings. The van der Waals surface area contributed by atoms with Crippen LogP contribution in [0.1, 0.15) is 5.56 Å². The molecule has 0 saturated heterocycles. The molecular formula is C11H14BrIN2. The van der Waals surface area contributed by atoms with Gasteiger partial charge in [-0.15, -0.1) is 17.0 Å². The van der Waals surface area contributed by atoms with Crippen molar-refractivity contribution in [3.63, 3.8) is 0 Å². The predicted molar refractivity (Wildman–Crippen MR) is 76.8 cm³/mol. The molecule has 1 aliphatic heterocycles. The summed E-state index contributed by atoms with van der Waals surface area (Å²) in [5.41, 5.74) is 1.37. The van der Waals surface area contributed by atoms with Crippen LogP contribution in [0.5, 0.6) is 0 Å². The highest BCUT2D eigenvalue weighted by Gasteiger charge is 2.07. The maximum absolute atomic E-state index is 2.33. The van der Waals surface area contributed by atoms with Crippen LogP contribution in [0.25, 0.3) is 0 Å². The highest BCUT2D eigenvalue weighted by molar-refractivity contribution is 14.1. The number of nitrogens with zero attached hydrogens (tertiary/aromatic N) is 2. The van der Waals surface area contributed by atoms with E-state index in [4.69, 9.17) is 0 Å².